The largest absolute Gasteiger partial charge is 0.710 e. The van der Waals surface area contributed by atoms with Crippen LogP contribution in [0.3, 0.4) is 0 Å². The first-order valence-electron chi connectivity index (χ1n) is 5.22. The summed E-state index contributed by atoms with van der Waals surface area (Å²) in [5.74, 6) is -0.124. The van der Waals surface area contributed by atoms with Crippen LogP contribution in [0.25, 0.3) is 0 Å². The monoisotopic (exact) mass is 225 g/mol. The van der Waals surface area contributed by atoms with Gasteiger partial charge in [0.25, 0.3) is 11.5 Å². The maximum atomic E-state index is 11.5. The van der Waals surface area contributed by atoms with Crippen molar-refractivity contribution in [3.8, 4) is 0 Å². The lowest BCUT2D eigenvalue weighted by Gasteiger charge is -2.10. The quantitative estimate of drug-likeness (QED) is 0.270. The topological polar surface area (TPSA) is 96.1 Å². The van der Waals surface area contributed by atoms with Crippen molar-refractivity contribution in [2.24, 2.45) is 0 Å². The minimum absolute atomic E-state index is 0.124. The zero-order valence-electron chi connectivity index (χ0n) is 9.18. The Hall–Kier alpha value is -1.85. The summed E-state index contributed by atoms with van der Waals surface area (Å²) in [4.78, 5) is 10.0. The number of pyridine rings is 1. The highest BCUT2D eigenvalue weighted by Gasteiger charge is 2.14. The molecular formula is C10H15N3O3. The SMILES string of the molecule is CCCCCc1cc([N+](=O)[O-])cc(N)[n+]1[O-]. The van der Waals surface area contributed by atoms with Crippen LogP contribution < -0.4 is 10.5 Å². The summed E-state index contributed by atoms with van der Waals surface area (Å²) >= 11 is 0. The van der Waals surface area contributed by atoms with Crippen molar-refractivity contribution in [3.63, 3.8) is 0 Å². The third-order valence-electron chi connectivity index (χ3n) is 2.35. The van der Waals surface area contributed by atoms with Crippen LogP contribution in [-0.4, -0.2) is 4.92 Å². The van der Waals surface area contributed by atoms with E-state index in [2.05, 4.69) is 0 Å². The molecule has 0 unspecified atom stereocenters. The highest BCUT2D eigenvalue weighted by atomic mass is 16.6. The molecule has 1 rings (SSSR count). The second-order valence-electron chi connectivity index (χ2n) is 3.64. The molecule has 0 aromatic carbocycles. The first-order chi connectivity index (χ1) is 7.56. The number of nitro groups is 1. The van der Waals surface area contributed by atoms with Gasteiger partial charge in [0.2, 0.25) is 0 Å². The molecule has 0 bridgehead atoms. The van der Waals surface area contributed by atoms with Crippen LogP contribution in [0, 0.1) is 15.3 Å². The van der Waals surface area contributed by atoms with Crippen LogP contribution in [0.1, 0.15) is 31.9 Å². The number of nitrogen functional groups attached to an aromatic ring is 1. The number of nitrogens with two attached hydrogens (primary N) is 1. The number of aromatic nitrogens is 1. The van der Waals surface area contributed by atoms with E-state index in [-0.39, 0.29) is 11.5 Å². The van der Waals surface area contributed by atoms with E-state index in [1.807, 2.05) is 6.92 Å². The lowest BCUT2D eigenvalue weighted by Crippen LogP contribution is -2.35. The Labute approximate surface area is 93.4 Å². The predicted molar refractivity (Wildman–Crippen MR) is 59.7 cm³/mol. The molecule has 0 radical (unpaired) electrons. The van der Waals surface area contributed by atoms with E-state index in [0.29, 0.717) is 16.8 Å². The summed E-state index contributed by atoms with van der Waals surface area (Å²) < 4.78 is 0.558. The van der Waals surface area contributed by atoms with Gasteiger partial charge < -0.3 is 5.21 Å². The second-order valence-corrected chi connectivity index (χ2v) is 3.64. The fraction of sp³-hybridized carbons (Fsp3) is 0.500. The Bertz CT molecular complexity index is 393. The van der Waals surface area contributed by atoms with E-state index >= 15 is 0 Å². The zero-order valence-corrected chi connectivity index (χ0v) is 9.18. The Morgan fingerprint density at radius 2 is 2.12 bits per heavy atom. The maximum Gasteiger partial charge on any atom is 0.282 e. The molecule has 0 fully saturated rings. The summed E-state index contributed by atoms with van der Waals surface area (Å²) in [6.45, 7) is 2.05. The summed E-state index contributed by atoms with van der Waals surface area (Å²) in [7, 11) is 0. The van der Waals surface area contributed by atoms with Crippen molar-refractivity contribution < 1.29 is 9.65 Å². The highest BCUT2D eigenvalue weighted by molar-refractivity contribution is 5.38. The smallest absolute Gasteiger partial charge is 0.282 e. The van der Waals surface area contributed by atoms with Crippen LogP contribution in [0.15, 0.2) is 12.1 Å². The van der Waals surface area contributed by atoms with Crippen LogP contribution >= 0.6 is 0 Å². The van der Waals surface area contributed by atoms with Crippen LogP contribution in [0.2, 0.25) is 0 Å². The predicted octanol–water partition coefficient (Wildman–Crippen LogP) is 1.54. The van der Waals surface area contributed by atoms with Gasteiger partial charge in [-0.25, -0.2) is 4.73 Å². The third kappa shape index (κ3) is 2.82. The molecule has 0 aliphatic rings. The van der Waals surface area contributed by atoms with Gasteiger partial charge in [-0.05, 0) is 6.42 Å². The van der Waals surface area contributed by atoms with Gasteiger partial charge in [0.1, 0.15) is 11.8 Å². The van der Waals surface area contributed by atoms with Crippen LogP contribution in [-0.2, 0) is 6.42 Å². The fourth-order valence-corrected chi connectivity index (χ4v) is 1.48. The lowest BCUT2D eigenvalue weighted by atomic mass is 10.1. The number of unbranched alkanes of at least 4 members (excludes halogenated alkanes) is 2. The highest BCUT2D eigenvalue weighted by Crippen LogP contribution is 2.15. The molecule has 2 N–H and O–H groups in total. The molecule has 0 spiro atoms. The molecule has 0 aliphatic carbocycles. The molecule has 16 heavy (non-hydrogen) atoms. The molecule has 1 heterocycles. The first-order valence-corrected chi connectivity index (χ1v) is 5.22. The van der Waals surface area contributed by atoms with Gasteiger partial charge in [-0.3, -0.25) is 15.8 Å². The number of anilines is 1. The fourth-order valence-electron chi connectivity index (χ4n) is 1.48. The molecule has 0 saturated carbocycles. The first kappa shape index (κ1) is 12.2. The number of nitrogens with zero attached hydrogens (tertiary/aromatic N) is 2. The molecule has 88 valence electrons. The summed E-state index contributed by atoms with van der Waals surface area (Å²) in [6, 6.07) is 2.37. The third-order valence-corrected chi connectivity index (χ3v) is 2.35. The molecule has 0 aliphatic heterocycles. The number of rotatable bonds is 5. The van der Waals surface area contributed by atoms with Crippen molar-refractivity contribution in [1.82, 2.24) is 0 Å². The average molecular weight is 225 g/mol. The second kappa shape index (κ2) is 5.29. The Kier molecular flexibility index (Phi) is 4.04. The minimum Gasteiger partial charge on any atom is -0.710 e. The van der Waals surface area contributed by atoms with Gasteiger partial charge in [-0.1, -0.05) is 19.8 Å². The van der Waals surface area contributed by atoms with Crippen molar-refractivity contribution in [3.05, 3.63) is 33.1 Å². The van der Waals surface area contributed by atoms with Gasteiger partial charge in [-0.15, -0.1) is 0 Å². The number of hydrogen-bond acceptors (Lipinski definition) is 4. The molecular weight excluding hydrogens is 210 g/mol. The van der Waals surface area contributed by atoms with E-state index in [9.17, 15) is 15.3 Å². The van der Waals surface area contributed by atoms with Gasteiger partial charge in [-0.2, -0.15) is 0 Å². The molecule has 0 saturated heterocycles. The van der Waals surface area contributed by atoms with E-state index in [4.69, 9.17) is 5.73 Å². The molecule has 0 amide bonds. The average Bonchev–Trinajstić information content (AvgIpc) is 2.24. The lowest BCUT2D eigenvalue weighted by molar-refractivity contribution is -0.599. The van der Waals surface area contributed by atoms with Crippen molar-refractivity contribution in [1.29, 1.82) is 0 Å². The van der Waals surface area contributed by atoms with Crippen LogP contribution in [0.4, 0.5) is 11.5 Å². The van der Waals surface area contributed by atoms with Gasteiger partial charge >= 0.3 is 0 Å². The molecule has 1 aromatic heterocycles. The van der Waals surface area contributed by atoms with Crippen LogP contribution in [0.5, 0.6) is 0 Å². The Morgan fingerprint density at radius 3 is 2.69 bits per heavy atom. The summed E-state index contributed by atoms with van der Waals surface area (Å²) in [5, 5.41) is 22.1. The summed E-state index contributed by atoms with van der Waals surface area (Å²) in [5.41, 5.74) is 5.64. The standard InChI is InChI=1S/C10H15N3O3/c1-2-3-4-5-8-6-9(13(15)16)7-10(11)12(8)14/h6-7H,2-5,11H2,1H3. The van der Waals surface area contributed by atoms with E-state index in [1.54, 1.807) is 0 Å². The molecule has 6 nitrogen and oxygen atoms in total. The normalized spacial score (nSPS) is 10.3. The van der Waals surface area contributed by atoms with E-state index in [1.165, 1.54) is 6.07 Å². The molecule has 6 heteroatoms. The van der Waals surface area contributed by atoms with Crippen molar-refractivity contribution in [2.45, 2.75) is 32.6 Å². The Morgan fingerprint density at radius 1 is 1.44 bits per heavy atom. The van der Waals surface area contributed by atoms with Crippen molar-refractivity contribution >= 4 is 11.5 Å². The number of hydrogen-bond donors (Lipinski definition) is 1. The van der Waals surface area contributed by atoms with Gasteiger partial charge in [0.05, 0.1) is 11.0 Å². The summed E-state index contributed by atoms with van der Waals surface area (Å²) in [6.07, 6.45) is 3.37. The zero-order chi connectivity index (χ0) is 12.1. The molecule has 1 aromatic rings. The van der Waals surface area contributed by atoms with E-state index < -0.39 is 4.92 Å². The molecule has 0 atom stereocenters. The Balaban J connectivity index is 2.93. The van der Waals surface area contributed by atoms with Gasteiger partial charge in [0.15, 0.2) is 0 Å². The van der Waals surface area contributed by atoms with E-state index in [0.717, 1.165) is 25.3 Å². The number of aryl methyl sites for hydroxylation is 1. The van der Waals surface area contributed by atoms with Gasteiger partial charge in [0, 0.05) is 6.42 Å². The minimum atomic E-state index is -0.542. The maximum absolute atomic E-state index is 11.5. The van der Waals surface area contributed by atoms with Crippen molar-refractivity contribution in [2.75, 3.05) is 5.73 Å².